The highest BCUT2D eigenvalue weighted by Gasteiger charge is 2.20. The summed E-state index contributed by atoms with van der Waals surface area (Å²) < 4.78 is 18.3. The summed E-state index contributed by atoms with van der Waals surface area (Å²) in [5.74, 6) is 0.704. The van der Waals surface area contributed by atoms with Gasteiger partial charge in [0.1, 0.15) is 12.4 Å². The number of nitrogens with zero attached hydrogens (tertiary/aromatic N) is 3. The fourth-order valence-corrected chi connectivity index (χ4v) is 3.22. The Labute approximate surface area is 197 Å². The van der Waals surface area contributed by atoms with Gasteiger partial charge in [0, 0.05) is 24.2 Å². The van der Waals surface area contributed by atoms with E-state index in [4.69, 9.17) is 30.6 Å². The van der Waals surface area contributed by atoms with Crippen LogP contribution >= 0.6 is 11.6 Å². The van der Waals surface area contributed by atoms with Gasteiger partial charge in [-0.25, -0.2) is 9.48 Å². The van der Waals surface area contributed by atoms with Crippen molar-refractivity contribution in [1.82, 2.24) is 9.78 Å². The largest absolute Gasteiger partial charge is 0.478 e. The molecule has 0 aliphatic carbocycles. The van der Waals surface area contributed by atoms with Gasteiger partial charge in [-0.3, -0.25) is 0 Å². The van der Waals surface area contributed by atoms with Gasteiger partial charge in [-0.2, -0.15) is 5.10 Å². The minimum atomic E-state index is -0.859. The van der Waals surface area contributed by atoms with E-state index in [-0.39, 0.29) is 0 Å². The summed E-state index contributed by atoms with van der Waals surface area (Å²) in [5, 5.41) is 8.70. The predicted molar refractivity (Wildman–Crippen MR) is 125 cm³/mol. The summed E-state index contributed by atoms with van der Waals surface area (Å²) >= 11 is 6.49. The Bertz CT molecular complexity index is 1140. The smallest absolute Gasteiger partial charge is 0.346 e. The topological polar surface area (TPSA) is 84.2 Å². The van der Waals surface area contributed by atoms with Crippen LogP contribution in [0.25, 0.3) is 0 Å². The minimum absolute atomic E-state index is 0.306. The number of benzene rings is 2. The molecule has 0 N–H and O–H groups in total. The number of hydrogen-bond donors (Lipinski definition) is 0. The maximum absolute atomic E-state index is 11.9. The van der Waals surface area contributed by atoms with Crippen LogP contribution in [0, 0.1) is 13.8 Å². The highest BCUT2D eigenvalue weighted by molar-refractivity contribution is 6.32. The molecular weight excluding hydrogens is 446 g/mol. The fraction of sp³-hybridized carbons (Fsp3) is 0.292. The number of halogens is 1. The van der Waals surface area contributed by atoms with Gasteiger partial charge in [-0.05, 0) is 32.4 Å². The molecule has 3 rings (SSSR count). The van der Waals surface area contributed by atoms with Gasteiger partial charge >= 0.3 is 5.97 Å². The Morgan fingerprint density at radius 3 is 2.58 bits per heavy atom. The maximum atomic E-state index is 11.9. The number of hydrogen-bond acceptors (Lipinski definition) is 7. The van der Waals surface area contributed by atoms with Gasteiger partial charge in [0.15, 0.2) is 11.9 Å². The third kappa shape index (κ3) is 6.04. The first-order chi connectivity index (χ1) is 15.8. The zero-order chi connectivity index (χ0) is 24.0. The Kier molecular flexibility index (Phi) is 7.95. The second-order valence-electron chi connectivity index (χ2n) is 7.34. The average Bonchev–Trinajstić information content (AvgIpc) is 3.05. The molecule has 8 nitrogen and oxygen atoms in total. The molecule has 0 spiro atoms. The number of carbonyl (C=O) groups is 1. The molecule has 1 heterocycles. The molecule has 1 aromatic heterocycles. The van der Waals surface area contributed by atoms with E-state index in [1.54, 1.807) is 30.8 Å². The number of esters is 1. The molecule has 0 saturated carbocycles. The Hall–Kier alpha value is -3.52. The van der Waals surface area contributed by atoms with Crippen molar-refractivity contribution in [3.63, 3.8) is 0 Å². The molecule has 0 saturated heterocycles. The van der Waals surface area contributed by atoms with Gasteiger partial charge in [-0.15, -0.1) is 0 Å². The maximum Gasteiger partial charge on any atom is 0.346 e. The molecule has 33 heavy (non-hydrogen) atoms. The van der Waals surface area contributed by atoms with E-state index in [2.05, 4.69) is 10.3 Å². The van der Waals surface area contributed by atoms with Crippen molar-refractivity contribution in [2.45, 2.75) is 33.5 Å². The molecule has 2 aromatic carbocycles. The molecule has 0 amide bonds. The van der Waals surface area contributed by atoms with E-state index in [0.717, 1.165) is 16.8 Å². The summed E-state index contributed by atoms with van der Waals surface area (Å²) in [4.78, 5) is 17.3. The first kappa shape index (κ1) is 24.1. The van der Waals surface area contributed by atoms with Gasteiger partial charge in [0.05, 0.1) is 24.0 Å². The third-order valence-electron chi connectivity index (χ3n) is 4.91. The number of ether oxygens (including phenoxy) is 3. The van der Waals surface area contributed by atoms with Gasteiger partial charge in [0.25, 0.3) is 0 Å². The molecule has 0 fully saturated rings. The van der Waals surface area contributed by atoms with Crippen LogP contribution in [0.4, 0.5) is 0 Å². The van der Waals surface area contributed by atoms with Crippen LogP contribution in [-0.4, -0.2) is 35.2 Å². The number of aryl methyl sites for hydroxylation is 2. The quantitative estimate of drug-likeness (QED) is 0.249. The molecule has 9 heteroatoms. The lowest BCUT2D eigenvalue weighted by atomic mass is 10.2. The summed E-state index contributed by atoms with van der Waals surface area (Å²) in [6, 6.07) is 12.9. The molecule has 1 atom stereocenters. The van der Waals surface area contributed by atoms with E-state index in [1.807, 2.05) is 44.2 Å². The van der Waals surface area contributed by atoms with Crippen LogP contribution < -0.4 is 9.47 Å². The monoisotopic (exact) mass is 471 g/mol. The number of oxime groups is 1. The van der Waals surface area contributed by atoms with Crippen molar-refractivity contribution in [1.29, 1.82) is 0 Å². The van der Waals surface area contributed by atoms with Crippen molar-refractivity contribution in [2.75, 3.05) is 7.11 Å². The van der Waals surface area contributed by atoms with Crippen LogP contribution in [0.2, 0.25) is 5.02 Å². The van der Waals surface area contributed by atoms with Crippen molar-refractivity contribution in [3.8, 4) is 17.4 Å². The third-order valence-corrected chi connectivity index (χ3v) is 5.20. The van der Waals surface area contributed by atoms with E-state index < -0.39 is 12.1 Å². The number of methoxy groups -OCH3 is 1. The standard InChI is InChI=1S/C24H26ClN3O5/c1-15-16(2)27-28(4)23(15)33-22-12-21(32-17(3)24(29)30-5)19(11-20(22)25)13-26-31-14-18-9-7-6-8-10-18/h6-13,17H,14H2,1-5H3/b26-13+/t17-/m0/s1. The molecule has 0 radical (unpaired) electrons. The summed E-state index contributed by atoms with van der Waals surface area (Å²) in [7, 11) is 3.08. The summed E-state index contributed by atoms with van der Waals surface area (Å²) in [6.45, 7) is 5.70. The first-order valence-electron chi connectivity index (χ1n) is 10.3. The molecule has 174 valence electrons. The molecular formula is C24H26ClN3O5. The zero-order valence-corrected chi connectivity index (χ0v) is 19.9. The Morgan fingerprint density at radius 2 is 1.94 bits per heavy atom. The zero-order valence-electron chi connectivity index (χ0n) is 19.2. The molecule has 0 bridgehead atoms. The van der Waals surface area contributed by atoms with E-state index in [1.165, 1.54) is 13.3 Å². The van der Waals surface area contributed by atoms with Crippen molar-refractivity contribution in [2.24, 2.45) is 12.2 Å². The highest BCUT2D eigenvalue weighted by Crippen LogP contribution is 2.37. The van der Waals surface area contributed by atoms with Crippen LogP contribution in [0.15, 0.2) is 47.6 Å². The summed E-state index contributed by atoms with van der Waals surface area (Å²) in [6.07, 6.45) is 0.610. The highest BCUT2D eigenvalue weighted by atomic mass is 35.5. The molecule has 3 aromatic rings. The van der Waals surface area contributed by atoms with Gasteiger partial charge < -0.3 is 19.0 Å². The van der Waals surface area contributed by atoms with E-state index in [0.29, 0.717) is 34.6 Å². The number of aromatic nitrogens is 2. The number of carbonyl (C=O) groups excluding carboxylic acids is 1. The average molecular weight is 472 g/mol. The first-order valence-corrected chi connectivity index (χ1v) is 10.6. The lowest BCUT2D eigenvalue weighted by Gasteiger charge is -2.17. The normalized spacial score (nSPS) is 11.9. The second-order valence-corrected chi connectivity index (χ2v) is 7.75. The Balaban J connectivity index is 1.88. The molecule has 0 aliphatic heterocycles. The SMILES string of the molecule is COC(=O)[C@H](C)Oc1cc(Oc2c(C)c(C)nn2C)c(Cl)cc1/C=N/OCc1ccccc1. The second kappa shape index (κ2) is 10.9. The van der Waals surface area contributed by atoms with E-state index >= 15 is 0 Å². The molecule has 0 unspecified atom stereocenters. The van der Waals surface area contributed by atoms with Crippen molar-refractivity contribution in [3.05, 3.63) is 69.9 Å². The van der Waals surface area contributed by atoms with Crippen molar-refractivity contribution >= 4 is 23.8 Å². The number of rotatable bonds is 9. The summed E-state index contributed by atoms with van der Waals surface area (Å²) in [5.41, 5.74) is 3.22. The van der Waals surface area contributed by atoms with Crippen molar-refractivity contribution < 1.29 is 23.8 Å². The molecule has 0 aliphatic rings. The van der Waals surface area contributed by atoms with E-state index in [9.17, 15) is 4.79 Å². The minimum Gasteiger partial charge on any atom is -0.478 e. The van der Waals surface area contributed by atoms with Gasteiger partial charge in [0.2, 0.25) is 5.88 Å². The lowest BCUT2D eigenvalue weighted by Crippen LogP contribution is -2.25. The van der Waals surface area contributed by atoms with Crippen LogP contribution in [0.5, 0.6) is 17.4 Å². The Morgan fingerprint density at radius 1 is 1.21 bits per heavy atom. The predicted octanol–water partition coefficient (Wildman–Crippen LogP) is 4.97. The lowest BCUT2D eigenvalue weighted by molar-refractivity contribution is -0.147. The van der Waals surface area contributed by atoms with Crippen LogP contribution in [0.3, 0.4) is 0 Å². The van der Waals surface area contributed by atoms with Gasteiger partial charge in [-0.1, -0.05) is 47.1 Å². The van der Waals surface area contributed by atoms with Crippen LogP contribution in [-0.2, 0) is 28.0 Å². The fourth-order valence-electron chi connectivity index (χ4n) is 3.01. The van der Waals surface area contributed by atoms with Crippen LogP contribution in [0.1, 0.15) is 29.3 Å².